The Morgan fingerprint density at radius 2 is 0.935 bits per heavy atom. The Hall–Kier alpha value is -0.160. The highest BCUT2D eigenvalue weighted by Crippen LogP contribution is 2.12. The predicted octanol–water partition coefficient (Wildman–Crippen LogP) is 7.25. The van der Waals surface area contributed by atoms with E-state index < -0.39 is 0 Å². The first-order valence-electron chi connectivity index (χ1n) is 12.8. The highest BCUT2D eigenvalue weighted by atomic mass is 16.5. The van der Waals surface area contributed by atoms with Crippen molar-refractivity contribution >= 4 is 0 Å². The quantitative estimate of drug-likeness (QED) is 0.208. The molecule has 0 heterocycles. The number of hydrogen-bond acceptors (Lipinski definition) is 4. The lowest BCUT2D eigenvalue weighted by atomic mass is 9.99. The summed E-state index contributed by atoms with van der Waals surface area (Å²) in [7, 11) is 0. The molecule has 4 nitrogen and oxygen atoms in total. The molecular weight excluding hydrogens is 388 g/mol. The maximum Gasteiger partial charge on any atom is 0.0780 e. The zero-order chi connectivity index (χ0) is 24.2. The van der Waals surface area contributed by atoms with Crippen LogP contribution in [0.5, 0.6) is 0 Å². The molecule has 0 saturated carbocycles. The SMILES string of the molecule is CC(C)CC(C)OCC(C)OCC(C)C(C)C.CC(C)CCOCCOCCC(C)C. The van der Waals surface area contributed by atoms with Crippen molar-refractivity contribution in [2.24, 2.45) is 29.6 Å². The van der Waals surface area contributed by atoms with E-state index in [9.17, 15) is 0 Å². The Morgan fingerprint density at radius 1 is 0.484 bits per heavy atom. The van der Waals surface area contributed by atoms with Crippen LogP contribution in [0.1, 0.15) is 95.4 Å². The summed E-state index contributed by atoms with van der Waals surface area (Å²) in [5.74, 6) is 3.46. The molecule has 190 valence electrons. The molecule has 0 saturated heterocycles. The van der Waals surface area contributed by atoms with Crippen molar-refractivity contribution in [3.8, 4) is 0 Å². The third-order valence-corrected chi connectivity index (χ3v) is 5.25. The van der Waals surface area contributed by atoms with E-state index in [0.29, 0.717) is 30.5 Å². The zero-order valence-corrected chi connectivity index (χ0v) is 23.0. The molecule has 0 aliphatic carbocycles. The van der Waals surface area contributed by atoms with Gasteiger partial charge in [-0.25, -0.2) is 0 Å². The van der Waals surface area contributed by atoms with Gasteiger partial charge in [-0.1, -0.05) is 62.3 Å². The van der Waals surface area contributed by atoms with Gasteiger partial charge in [-0.15, -0.1) is 0 Å². The number of ether oxygens (including phenoxy) is 4. The Labute approximate surface area is 196 Å². The number of hydrogen-bond donors (Lipinski definition) is 0. The summed E-state index contributed by atoms with van der Waals surface area (Å²) < 4.78 is 22.4. The van der Waals surface area contributed by atoms with Gasteiger partial charge in [0.05, 0.1) is 32.0 Å². The van der Waals surface area contributed by atoms with Crippen LogP contribution in [0, 0.1) is 29.6 Å². The van der Waals surface area contributed by atoms with E-state index in [-0.39, 0.29) is 6.10 Å². The van der Waals surface area contributed by atoms with Crippen LogP contribution in [-0.2, 0) is 18.9 Å². The largest absolute Gasteiger partial charge is 0.379 e. The van der Waals surface area contributed by atoms with E-state index in [0.717, 1.165) is 64.1 Å². The zero-order valence-electron chi connectivity index (χ0n) is 23.0. The third kappa shape index (κ3) is 27.8. The van der Waals surface area contributed by atoms with Gasteiger partial charge in [-0.3, -0.25) is 0 Å². The summed E-state index contributed by atoms with van der Waals surface area (Å²) in [5.41, 5.74) is 0. The molecule has 0 aromatic carbocycles. The van der Waals surface area contributed by atoms with Gasteiger partial charge in [0.1, 0.15) is 0 Å². The lowest BCUT2D eigenvalue weighted by Crippen LogP contribution is -2.24. The van der Waals surface area contributed by atoms with E-state index in [1.165, 1.54) is 0 Å². The Kier molecular flexibility index (Phi) is 23.1. The molecule has 3 unspecified atom stereocenters. The van der Waals surface area contributed by atoms with Crippen LogP contribution in [-0.4, -0.2) is 51.8 Å². The molecule has 0 fully saturated rings. The van der Waals surface area contributed by atoms with Gasteiger partial charge in [-0.05, 0) is 62.7 Å². The molecule has 0 spiro atoms. The van der Waals surface area contributed by atoms with Gasteiger partial charge >= 0.3 is 0 Å². The summed E-state index contributed by atoms with van der Waals surface area (Å²) >= 11 is 0. The van der Waals surface area contributed by atoms with Crippen molar-refractivity contribution in [1.82, 2.24) is 0 Å². The minimum absolute atomic E-state index is 0.200. The minimum Gasteiger partial charge on any atom is -0.379 e. The second-order valence-electron chi connectivity index (χ2n) is 10.7. The first kappa shape index (κ1) is 33.0. The summed E-state index contributed by atoms with van der Waals surface area (Å²) in [5, 5.41) is 0. The average Bonchev–Trinajstić information content (AvgIpc) is 2.65. The van der Waals surface area contributed by atoms with E-state index in [4.69, 9.17) is 18.9 Å². The first-order chi connectivity index (χ1) is 14.5. The van der Waals surface area contributed by atoms with E-state index in [2.05, 4.69) is 76.2 Å². The highest BCUT2D eigenvalue weighted by Gasteiger charge is 2.12. The van der Waals surface area contributed by atoms with Gasteiger partial charge in [0.2, 0.25) is 0 Å². The lowest BCUT2D eigenvalue weighted by molar-refractivity contribution is -0.0470. The fourth-order valence-corrected chi connectivity index (χ4v) is 2.55. The minimum atomic E-state index is 0.200. The van der Waals surface area contributed by atoms with Crippen LogP contribution in [0.2, 0.25) is 0 Å². The van der Waals surface area contributed by atoms with Gasteiger partial charge in [-0.2, -0.15) is 0 Å². The molecular formula is C27H58O4. The molecule has 31 heavy (non-hydrogen) atoms. The maximum atomic E-state index is 5.80. The van der Waals surface area contributed by atoms with Crippen molar-refractivity contribution < 1.29 is 18.9 Å². The second kappa shape index (κ2) is 21.7. The van der Waals surface area contributed by atoms with Crippen LogP contribution in [0.15, 0.2) is 0 Å². The summed E-state index contributed by atoms with van der Waals surface area (Å²) in [4.78, 5) is 0. The van der Waals surface area contributed by atoms with Crippen LogP contribution >= 0.6 is 0 Å². The van der Waals surface area contributed by atoms with E-state index in [1.807, 2.05) is 0 Å². The highest BCUT2D eigenvalue weighted by molar-refractivity contribution is 4.59. The van der Waals surface area contributed by atoms with Gasteiger partial charge < -0.3 is 18.9 Å². The molecule has 0 aromatic rings. The van der Waals surface area contributed by atoms with Crippen molar-refractivity contribution in [2.45, 2.75) is 108 Å². The Bertz CT molecular complexity index is 341. The average molecular weight is 447 g/mol. The van der Waals surface area contributed by atoms with Crippen LogP contribution in [0.4, 0.5) is 0 Å². The fraction of sp³-hybridized carbons (Fsp3) is 1.00. The predicted molar refractivity (Wildman–Crippen MR) is 135 cm³/mol. The maximum absolute atomic E-state index is 5.80. The van der Waals surface area contributed by atoms with Gasteiger partial charge in [0, 0.05) is 19.8 Å². The molecule has 0 aliphatic rings. The molecule has 0 amide bonds. The van der Waals surface area contributed by atoms with Crippen molar-refractivity contribution in [1.29, 1.82) is 0 Å². The van der Waals surface area contributed by atoms with Crippen LogP contribution < -0.4 is 0 Å². The van der Waals surface area contributed by atoms with Crippen molar-refractivity contribution in [2.75, 3.05) is 39.6 Å². The molecule has 3 atom stereocenters. The first-order valence-corrected chi connectivity index (χ1v) is 12.8. The van der Waals surface area contributed by atoms with Crippen molar-refractivity contribution in [3.05, 3.63) is 0 Å². The van der Waals surface area contributed by atoms with Crippen LogP contribution in [0.3, 0.4) is 0 Å². The summed E-state index contributed by atoms with van der Waals surface area (Å²) in [6.07, 6.45) is 3.95. The van der Waals surface area contributed by atoms with Gasteiger partial charge in [0.15, 0.2) is 0 Å². The molecule has 0 N–H and O–H groups in total. The Balaban J connectivity index is 0. The fourth-order valence-electron chi connectivity index (χ4n) is 2.55. The van der Waals surface area contributed by atoms with Gasteiger partial charge in [0.25, 0.3) is 0 Å². The molecule has 0 bridgehead atoms. The standard InChI is InChI=1S/C15H32O2.C12H26O2/c1-11(2)8-14(6)17-10-15(7)16-9-13(5)12(3)4;1-11(2)5-7-13-9-10-14-8-6-12(3)4/h11-15H,8-10H2,1-7H3;11-12H,5-10H2,1-4H3. The number of rotatable bonds is 18. The molecule has 0 rings (SSSR count). The summed E-state index contributed by atoms with van der Waals surface area (Å²) in [6, 6.07) is 0. The van der Waals surface area contributed by atoms with E-state index in [1.54, 1.807) is 0 Å². The third-order valence-electron chi connectivity index (χ3n) is 5.25. The van der Waals surface area contributed by atoms with E-state index >= 15 is 0 Å². The Morgan fingerprint density at radius 3 is 1.32 bits per heavy atom. The normalized spacial score (nSPS) is 14.8. The molecule has 0 aliphatic heterocycles. The molecule has 4 heteroatoms. The lowest BCUT2D eigenvalue weighted by Gasteiger charge is -2.21. The second-order valence-corrected chi connectivity index (χ2v) is 10.7. The molecule has 0 aromatic heterocycles. The summed E-state index contributed by atoms with van der Waals surface area (Å²) in [6.45, 7) is 29.0. The monoisotopic (exact) mass is 446 g/mol. The molecule has 0 radical (unpaired) electrons. The van der Waals surface area contributed by atoms with Crippen molar-refractivity contribution in [3.63, 3.8) is 0 Å². The topological polar surface area (TPSA) is 36.9 Å². The smallest absolute Gasteiger partial charge is 0.0780 e. The van der Waals surface area contributed by atoms with Crippen LogP contribution in [0.25, 0.3) is 0 Å².